The number of carbonyl (C=O) groups excluding carboxylic acids is 2. The number of fused-ring (bicyclic) bond motifs is 2. The molecule has 2 N–H and O–H groups in total. The SMILES string of the molecule is CC(=O)N(Cc1ccccc1Cl)C[C@@H](Cc1c[nH]c2ccccc12)N(C(C)=O)N1CC=C(c2c[nH]c3ccc(C#N)cc23)CC1. The standard InChI is InChI=1S/C36H35ClN6O2/c1-24(44)41(22-28-7-3-5-9-34(28)37)23-30(18-29-20-39-35-10-6-4-8-31(29)35)43(25(2)45)42-15-13-27(14-16-42)33-21-40-36-12-11-26(19-38)17-32(33)36/h3-13,17,20-21,30,39-40H,14-16,18,22-23H2,1-2H3/t30-/m1/s1. The number of benzene rings is 3. The maximum Gasteiger partial charge on any atom is 0.234 e. The molecule has 0 bridgehead atoms. The topological polar surface area (TPSA) is 99.2 Å². The van der Waals surface area contributed by atoms with E-state index in [1.807, 2.05) is 78.1 Å². The van der Waals surface area contributed by atoms with Gasteiger partial charge in [-0.25, -0.2) is 5.01 Å². The summed E-state index contributed by atoms with van der Waals surface area (Å²) in [6.07, 6.45) is 7.44. The predicted molar refractivity (Wildman–Crippen MR) is 178 cm³/mol. The molecule has 2 amide bonds. The lowest BCUT2D eigenvalue weighted by Gasteiger charge is -2.43. The first-order chi connectivity index (χ1) is 21.8. The number of nitrogens with zero attached hydrogens (tertiary/aromatic N) is 4. The minimum Gasteiger partial charge on any atom is -0.361 e. The van der Waals surface area contributed by atoms with E-state index in [-0.39, 0.29) is 17.9 Å². The molecule has 5 aromatic rings. The highest BCUT2D eigenvalue weighted by Crippen LogP contribution is 2.31. The van der Waals surface area contributed by atoms with Gasteiger partial charge in [0.05, 0.1) is 17.7 Å². The van der Waals surface area contributed by atoms with Gasteiger partial charge in [0.2, 0.25) is 11.8 Å². The molecule has 228 valence electrons. The largest absolute Gasteiger partial charge is 0.361 e. The zero-order valence-electron chi connectivity index (χ0n) is 25.4. The Hall–Kier alpha value is -4.84. The highest BCUT2D eigenvalue weighted by molar-refractivity contribution is 6.31. The summed E-state index contributed by atoms with van der Waals surface area (Å²) < 4.78 is 0. The van der Waals surface area contributed by atoms with Crippen LogP contribution in [0.3, 0.4) is 0 Å². The van der Waals surface area contributed by atoms with E-state index in [9.17, 15) is 14.9 Å². The fourth-order valence-electron chi connectivity index (χ4n) is 6.42. The van der Waals surface area contributed by atoms with Crippen LogP contribution >= 0.6 is 11.6 Å². The number of nitriles is 1. The number of amides is 2. The number of carbonyl (C=O) groups is 2. The summed E-state index contributed by atoms with van der Waals surface area (Å²) in [5, 5.41) is 16.1. The van der Waals surface area contributed by atoms with Crippen molar-refractivity contribution in [2.24, 2.45) is 0 Å². The van der Waals surface area contributed by atoms with Crippen LogP contribution in [0.5, 0.6) is 0 Å². The average molecular weight is 619 g/mol. The Morgan fingerprint density at radius 1 is 0.956 bits per heavy atom. The van der Waals surface area contributed by atoms with Crippen molar-refractivity contribution in [3.05, 3.63) is 112 Å². The molecule has 3 aromatic carbocycles. The van der Waals surface area contributed by atoms with Crippen LogP contribution in [-0.4, -0.2) is 62.4 Å². The van der Waals surface area contributed by atoms with Crippen molar-refractivity contribution in [1.82, 2.24) is 24.9 Å². The quantitative estimate of drug-likeness (QED) is 0.192. The minimum absolute atomic E-state index is 0.0799. The number of hydrogen-bond acceptors (Lipinski definition) is 4. The Morgan fingerprint density at radius 2 is 1.71 bits per heavy atom. The first-order valence-corrected chi connectivity index (χ1v) is 15.5. The van der Waals surface area contributed by atoms with E-state index in [1.54, 1.807) is 18.7 Å². The van der Waals surface area contributed by atoms with Gasteiger partial charge in [0.1, 0.15) is 0 Å². The van der Waals surface area contributed by atoms with Gasteiger partial charge in [-0.05, 0) is 59.9 Å². The third-order valence-electron chi connectivity index (χ3n) is 8.64. The monoisotopic (exact) mass is 618 g/mol. The van der Waals surface area contributed by atoms with Crippen molar-refractivity contribution < 1.29 is 9.59 Å². The fourth-order valence-corrected chi connectivity index (χ4v) is 6.61. The number of para-hydroxylation sites is 1. The van der Waals surface area contributed by atoms with Gasteiger partial charge < -0.3 is 14.9 Å². The first kappa shape index (κ1) is 30.2. The van der Waals surface area contributed by atoms with Gasteiger partial charge in [-0.15, -0.1) is 0 Å². The van der Waals surface area contributed by atoms with Crippen LogP contribution < -0.4 is 0 Å². The van der Waals surface area contributed by atoms with Gasteiger partial charge in [0, 0.05) is 84.8 Å². The summed E-state index contributed by atoms with van der Waals surface area (Å²) in [5.74, 6) is -0.164. The third-order valence-corrected chi connectivity index (χ3v) is 9.01. The van der Waals surface area contributed by atoms with Gasteiger partial charge >= 0.3 is 0 Å². The zero-order valence-corrected chi connectivity index (χ0v) is 26.1. The van der Waals surface area contributed by atoms with Gasteiger partial charge in [-0.2, -0.15) is 5.26 Å². The number of aromatic nitrogens is 2. The molecule has 0 saturated heterocycles. The summed E-state index contributed by atoms with van der Waals surface area (Å²) in [6.45, 7) is 5.01. The first-order valence-electron chi connectivity index (χ1n) is 15.1. The number of H-pyrrole nitrogens is 2. The van der Waals surface area contributed by atoms with Gasteiger partial charge in [0.15, 0.2) is 0 Å². The Labute approximate surface area is 267 Å². The summed E-state index contributed by atoms with van der Waals surface area (Å²) in [4.78, 5) is 35.0. The van der Waals surface area contributed by atoms with Crippen LogP contribution in [-0.2, 0) is 22.6 Å². The van der Waals surface area contributed by atoms with Crippen LogP contribution in [0.2, 0.25) is 5.02 Å². The number of aromatic amines is 2. The van der Waals surface area contributed by atoms with Crippen LogP contribution in [0.4, 0.5) is 0 Å². The lowest BCUT2D eigenvalue weighted by atomic mass is 9.98. The summed E-state index contributed by atoms with van der Waals surface area (Å²) >= 11 is 6.49. The second-order valence-corrected chi connectivity index (χ2v) is 11.9. The Kier molecular flexibility index (Phi) is 8.74. The zero-order chi connectivity index (χ0) is 31.5. The van der Waals surface area contributed by atoms with Crippen molar-refractivity contribution in [3.8, 4) is 6.07 Å². The van der Waals surface area contributed by atoms with Crippen molar-refractivity contribution in [2.45, 2.75) is 39.3 Å². The smallest absolute Gasteiger partial charge is 0.234 e. The summed E-state index contributed by atoms with van der Waals surface area (Å²) in [6, 6.07) is 23.2. The third kappa shape index (κ3) is 6.37. The molecular weight excluding hydrogens is 584 g/mol. The molecule has 1 aliphatic heterocycles. The molecule has 0 unspecified atom stereocenters. The molecule has 0 aliphatic carbocycles. The van der Waals surface area contributed by atoms with Gasteiger partial charge in [-0.1, -0.05) is 54.1 Å². The van der Waals surface area contributed by atoms with Crippen LogP contribution in [0, 0.1) is 11.3 Å². The molecular formula is C36H35ClN6O2. The highest BCUT2D eigenvalue weighted by atomic mass is 35.5. The van der Waals surface area contributed by atoms with Crippen molar-refractivity contribution in [2.75, 3.05) is 19.6 Å². The van der Waals surface area contributed by atoms with Crippen LogP contribution in [0.25, 0.3) is 27.4 Å². The molecule has 3 heterocycles. The Bertz CT molecular complexity index is 1950. The molecule has 45 heavy (non-hydrogen) atoms. The fraction of sp³-hybridized carbons (Fsp3) is 0.250. The van der Waals surface area contributed by atoms with E-state index in [0.717, 1.165) is 44.9 Å². The highest BCUT2D eigenvalue weighted by Gasteiger charge is 2.32. The molecule has 2 aromatic heterocycles. The second-order valence-electron chi connectivity index (χ2n) is 11.5. The van der Waals surface area contributed by atoms with Crippen molar-refractivity contribution >= 4 is 50.8 Å². The van der Waals surface area contributed by atoms with Gasteiger partial charge in [-0.3, -0.25) is 14.6 Å². The summed E-state index contributed by atoms with van der Waals surface area (Å²) in [7, 11) is 0. The van der Waals surface area contributed by atoms with E-state index < -0.39 is 0 Å². The molecule has 1 aliphatic rings. The molecule has 8 nitrogen and oxygen atoms in total. The van der Waals surface area contributed by atoms with E-state index in [2.05, 4.69) is 33.2 Å². The average Bonchev–Trinajstić information content (AvgIpc) is 3.65. The van der Waals surface area contributed by atoms with Crippen LogP contribution in [0.1, 0.15) is 42.5 Å². The van der Waals surface area contributed by atoms with E-state index in [0.29, 0.717) is 43.2 Å². The minimum atomic E-state index is -0.325. The summed E-state index contributed by atoms with van der Waals surface area (Å²) in [5.41, 5.74) is 6.84. The number of hydrazine groups is 1. The molecule has 0 radical (unpaired) electrons. The second kappa shape index (κ2) is 13.0. The van der Waals surface area contributed by atoms with Crippen molar-refractivity contribution in [1.29, 1.82) is 5.26 Å². The number of halogens is 1. The van der Waals surface area contributed by atoms with Crippen molar-refractivity contribution in [3.63, 3.8) is 0 Å². The maximum atomic E-state index is 13.5. The molecule has 9 heteroatoms. The lowest BCUT2D eigenvalue weighted by molar-refractivity contribution is -0.155. The number of rotatable bonds is 9. The lowest BCUT2D eigenvalue weighted by Crippen LogP contribution is -2.57. The molecule has 6 rings (SSSR count). The molecule has 1 atom stereocenters. The molecule has 0 spiro atoms. The van der Waals surface area contributed by atoms with E-state index >= 15 is 0 Å². The van der Waals surface area contributed by atoms with E-state index in [1.165, 1.54) is 5.57 Å². The molecule has 0 saturated carbocycles. The molecule has 0 fully saturated rings. The normalized spacial score (nSPS) is 14.2. The maximum absolute atomic E-state index is 13.5. The Balaban J connectivity index is 1.32. The predicted octanol–water partition coefficient (Wildman–Crippen LogP) is 6.69. The van der Waals surface area contributed by atoms with Gasteiger partial charge in [0.25, 0.3) is 0 Å². The number of nitrogens with one attached hydrogen (secondary N) is 2. The number of hydrogen-bond donors (Lipinski definition) is 2. The van der Waals surface area contributed by atoms with Crippen LogP contribution in [0.15, 0.2) is 85.2 Å². The Morgan fingerprint density at radius 3 is 2.44 bits per heavy atom. The van der Waals surface area contributed by atoms with E-state index in [4.69, 9.17) is 11.6 Å².